The summed E-state index contributed by atoms with van der Waals surface area (Å²) in [7, 11) is -3.31. The van der Waals surface area contributed by atoms with Crippen molar-refractivity contribution < 1.29 is 17.7 Å². The molecule has 0 heterocycles. The molecule has 4 nitrogen and oxygen atoms in total. The summed E-state index contributed by atoms with van der Waals surface area (Å²) in [6.45, 7) is 8.65. The van der Waals surface area contributed by atoms with Crippen molar-refractivity contribution in [1.29, 1.82) is 0 Å². The summed E-state index contributed by atoms with van der Waals surface area (Å²) in [6.07, 6.45) is 2.45. The topological polar surface area (TPSA) is 63.6 Å². The molecule has 0 atom stereocenters. The lowest BCUT2D eigenvalue weighted by Crippen LogP contribution is -2.06. The van der Waals surface area contributed by atoms with Crippen molar-refractivity contribution in [3.63, 3.8) is 0 Å². The molecule has 2 rings (SSSR count). The van der Waals surface area contributed by atoms with E-state index in [4.69, 9.17) is 5.11 Å². The third-order valence-electron chi connectivity index (χ3n) is 3.65. The van der Waals surface area contributed by atoms with E-state index in [1.807, 2.05) is 26.0 Å². The molecular weight excluding hydrogens is 348 g/mol. The molecule has 0 radical (unpaired) electrons. The van der Waals surface area contributed by atoms with Crippen molar-refractivity contribution >= 4 is 10.1 Å². The van der Waals surface area contributed by atoms with Crippen LogP contribution >= 0.6 is 0 Å². The third-order valence-corrected chi connectivity index (χ3v) is 4.25. The van der Waals surface area contributed by atoms with Crippen molar-refractivity contribution in [1.82, 2.24) is 0 Å². The van der Waals surface area contributed by atoms with E-state index in [0.29, 0.717) is 6.42 Å². The van der Waals surface area contributed by atoms with Crippen molar-refractivity contribution in [2.24, 2.45) is 0 Å². The highest BCUT2D eigenvalue weighted by atomic mass is 32.2. The van der Waals surface area contributed by atoms with Crippen LogP contribution in [-0.4, -0.2) is 33.0 Å². The number of hydrogen-bond acceptors (Lipinski definition) is 4. The zero-order valence-corrected chi connectivity index (χ0v) is 17.2. The van der Waals surface area contributed by atoms with Gasteiger partial charge in [-0.25, -0.2) is 0 Å². The van der Waals surface area contributed by atoms with Crippen LogP contribution in [0.3, 0.4) is 0 Å². The SMILES string of the molecule is Cc1cc(C)cc(CCO)c1.Cc1cc(C)cc(CCOS(C)(=O)=O)c1. The number of aliphatic hydroxyl groups excluding tert-OH is 1. The first-order valence-corrected chi connectivity index (χ1v) is 10.5. The Morgan fingerprint density at radius 1 is 0.769 bits per heavy atom. The Morgan fingerprint density at radius 2 is 1.15 bits per heavy atom. The van der Waals surface area contributed by atoms with E-state index in [1.165, 1.54) is 27.8 Å². The summed E-state index contributed by atoms with van der Waals surface area (Å²) in [6, 6.07) is 12.5. The normalized spacial score (nSPS) is 11.0. The van der Waals surface area contributed by atoms with Gasteiger partial charge in [0, 0.05) is 6.61 Å². The van der Waals surface area contributed by atoms with E-state index in [1.54, 1.807) is 0 Å². The summed E-state index contributed by atoms with van der Waals surface area (Å²) < 4.78 is 26.2. The molecule has 2 aromatic rings. The van der Waals surface area contributed by atoms with Gasteiger partial charge in [-0.3, -0.25) is 4.18 Å². The molecule has 0 fully saturated rings. The van der Waals surface area contributed by atoms with Gasteiger partial charge in [0.2, 0.25) is 0 Å². The first-order valence-electron chi connectivity index (χ1n) is 8.68. The van der Waals surface area contributed by atoms with Gasteiger partial charge in [0.25, 0.3) is 10.1 Å². The molecule has 1 N–H and O–H groups in total. The Bertz CT molecular complexity index is 770. The average molecular weight is 379 g/mol. The quantitative estimate of drug-likeness (QED) is 0.779. The van der Waals surface area contributed by atoms with E-state index in [-0.39, 0.29) is 13.2 Å². The average Bonchev–Trinajstić information content (AvgIpc) is 2.44. The Balaban J connectivity index is 0.000000273. The van der Waals surface area contributed by atoms with Crippen LogP contribution in [0.5, 0.6) is 0 Å². The molecule has 0 spiro atoms. The molecule has 0 bridgehead atoms. The maximum atomic E-state index is 10.7. The molecule has 0 aliphatic carbocycles. The number of hydrogen-bond donors (Lipinski definition) is 1. The first kappa shape index (κ1) is 22.4. The van der Waals surface area contributed by atoms with Gasteiger partial charge in [-0.1, -0.05) is 58.7 Å². The third kappa shape index (κ3) is 9.70. The Labute approximate surface area is 158 Å². The molecule has 0 aliphatic rings. The lowest BCUT2D eigenvalue weighted by atomic mass is 10.1. The van der Waals surface area contributed by atoms with E-state index in [0.717, 1.165) is 18.2 Å². The number of benzene rings is 2. The molecule has 0 saturated carbocycles. The Hall–Kier alpha value is -1.69. The summed E-state index contributed by atoms with van der Waals surface area (Å²) in [5.74, 6) is 0. The smallest absolute Gasteiger partial charge is 0.264 e. The fourth-order valence-corrected chi connectivity index (χ4v) is 3.25. The largest absolute Gasteiger partial charge is 0.396 e. The number of aliphatic hydroxyl groups is 1. The molecule has 0 aromatic heterocycles. The van der Waals surface area contributed by atoms with Crippen molar-refractivity contribution in [3.05, 3.63) is 69.8 Å². The summed E-state index contributed by atoms with van der Waals surface area (Å²) in [4.78, 5) is 0. The van der Waals surface area contributed by atoms with Crippen LogP contribution in [0, 0.1) is 27.7 Å². The summed E-state index contributed by atoms with van der Waals surface area (Å²) in [5, 5.41) is 8.70. The molecular formula is C21H30O4S. The van der Waals surface area contributed by atoms with Gasteiger partial charge in [-0.15, -0.1) is 0 Å². The maximum Gasteiger partial charge on any atom is 0.264 e. The molecule has 0 saturated heterocycles. The minimum absolute atomic E-state index is 0.210. The lowest BCUT2D eigenvalue weighted by molar-refractivity contribution is 0.299. The van der Waals surface area contributed by atoms with Crippen LogP contribution in [0.4, 0.5) is 0 Å². The van der Waals surface area contributed by atoms with Gasteiger partial charge < -0.3 is 5.11 Å². The van der Waals surface area contributed by atoms with Gasteiger partial charge in [0.1, 0.15) is 0 Å². The lowest BCUT2D eigenvalue weighted by Gasteiger charge is -2.04. The number of aryl methyl sites for hydroxylation is 4. The van der Waals surface area contributed by atoms with E-state index < -0.39 is 10.1 Å². The molecule has 26 heavy (non-hydrogen) atoms. The second-order valence-electron chi connectivity index (χ2n) is 6.74. The van der Waals surface area contributed by atoms with Gasteiger partial charge >= 0.3 is 0 Å². The Kier molecular flexibility index (Phi) is 8.99. The number of rotatable bonds is 6. The molecule has 5 heteroatoms. The monoisotopic (exact) mass is 378 g/mol. The molecule has 144 valence electrons. The maximum absolute atomic E-state index is 10.7. The zero-order chi connectivity index (χ0) is 19.7. The van der Waals surface area contributed by atoms with E-state index >= 15 is 0 Å². The summed E-state index contributed by atoms with van der Waals surface area (Å²) >= 11 is 0. The standard InChI is InChI=1S/C11H16O3S.C10H14O/c1-9-6-10(2)8-11(7-9)4-5-14-15(3,12)13;1-8-5-9(2)7-10(6-8)3-4-11/h6-8H,4-5H2,1-3H3;5-7,11H,3-4H2,1-2H3. The van der Waals surface area contributed by atoms with E-state index in [9.17, 15) is 8.42 Å². The van der Waals surface area contributed by atoms with E-state index in [2.05, 4.69) is 42.3 Å². The highest BCUT2D eigenvalue weighted by molar-refractivity contribution is 7.85. The van der Waals surface area contributed by atoms with Crippen LogP contribution in [0.25, 0.3) is 0 Å². The second kappa shape index (κ2) is 10.5. The van der Waals surface area contributed by atoms with Crippen LogP contribution < -0.4 is 0 Å². The zero-order valence-electron chi connectivity index (χ0n) is 16.4. The highest BCUT2D eigenvalue weighted by Crippen LogP contribution is 2.10. The van der Waals surface area contributed by atoms with Crippen LogP contribution in [0.2, 0.25) is 0 Å². The van der Waals surface area contributed by atoms with Gasteiger partial charge in [-0.2, -0.15) is 8.42 Å². The minimum Gasteiger partial charge on any atom is -0.396 e. The molecule has 0 amide bonds. The van der Waals surface area contributed by atoms with Crippen LogP contribution in [0.15, 0.2) is 36.4 Å². The predicted octanol–water partition coefficient (Wildman–Crippen LogP) is 3.66. The minimum atomic E-state index is -3.31. The fourth-order valence-electron chi connectivity index (χ4n) is 2.87. The molecule has 0 unspecified atom stereocenters. The van der Waals surface area contributed by atoms with Crippen molar-refractivity contribution in [2.45, 2.75) is 40.5 Å². The van der Waals surface area contributed by atoms with Crippen LogP contribution in [-0.2, 0) is 27.1 Å². The second-order valence-corrected chi connectivity index (χ2v) is 8.39. The summed E-state index contributed by atoms with van der Waals surface area (Å²) in [5.41, 5.74) is 7.25. The van der Waals surface area contributed by atoms with Gasteiger partial charge in [0.15, 0.2) is 0 Å². The van der Waals surface area contributed by atoms with Gasteiger partial charge in [0.05, 0.1) is 12.9 Å². The Morgan fingerprint density at radius 3 is 1.50 bits per heavy atom. The highest BCUT2D eigenvalue weighted by Gasteiger charge is 2.02. The molecule has 0 aliphatic heterocycles. The van der Waals surface area contributed by atoms with Crippen LogP contribution in [0.1, 0.15) is 33.4 Å². The van der Waals surface area contributed by atoms with Gasteiger partial charge in [-0.05, 0) is 51.7 Å². The molecule has 2 aromatic carbocycles. The van der Waals surface area contributed by atoms with Crippen molar-refractivity contribution in [2.75, 3.05) is 19.5 Å². The fraction of sp³-hybridized carbons (Fsp3) is 0.429. The van der Waals surface area contributed by atoms with Crippen molar-refractivity contribution in [3.8, 4) is 0 Å². The predicted molar refractivity (Wildman–Crippen MR) is 107 cm³/mol. The first-order chi connectivity index (χ1) is 12.1.